The molecule has 1 N–H and O–H groups in total. The van der Waals surface area contributed by atoms with Crippen LogP contribution in [0.1, 0.15) is 39.9 Å². The van der Waals surface area contributed by atoms with Crippen molar-refractivity contribution in [2.75, 3.05) is 25.6 Å². The van der Waals surface area contributed by atoms with Crippen LogP contribution < -0.4 is 10.1 Å². The average Bonchev–Trinajstić information content (AvgIpc) is 2.61. The number of aryl methyl sites for hydroxylation is 3. The van der Waals surface area contributed by atoms with E-state index < -0.39 is 0 Å². The highest BCUT2D eigenvalue weighted by molar-refractivity contribution is 5.96. The van der Waals surface area contributed by atoms with Crippen molar-refractivity contribution in [1.29, 1.82) is 0 Å². The van der Waals surface area contributed by atoms with E-state index in [1.165, 1.54) is 12.7 Å². The van der Waals surface area contributed by atoms with E-state index in [4.69, 9.17) is 9.47 Å². The number of hydrogen-bond acceptors (Lipinski definition) is 4. The molecule has 2 aromatic rings. The highest BCUT2D eigenvalue weighted by Crippen LogP contribution is 2.22. The monoisotopic (exact) mass is 341 g/mol. The molecule has 0 aliphatic rings. The minimum absolute atomic E-state index is 0.315. The van der Waals surface area contributed by atoms with Gasteiger partial charge in [0.25, 0.3) is 0 Å². The fraction of sp³-hybridized carbons (Fsp3) is 0.381. The maximum Gasteiger partial charge on any atom is 0.339 e. The number of benzene rings is 2. The van der Waals surface area contributed by atoms with E-state index in [0.717, 1.165) is 42.0 Å². The third-order valence-electron chi connectivity index (χ3n) is 4.15. The van der Waals surface area contributed by atoms with Crippen LogP contribution in [0.25, 0.3) is 0 Å². The van der Waals surface area contributed by atoms with E-state index in [0.29, 0.717) is 12.2 Å². The maximum atomic E-state index is 11.9. The van der Waals surface area contributed by atoms with Gasteiger partial charge in [-0.3, -0.25) is 0 Å². The second kappa shape index (κ2) is 9.11. The number of esters is 1. The predicted octanol–water partition coefficient (Wildman–Crippen LogP) is 4.67. The summed E-state index contributed by atoms with van der Waals surface area (Å²) in [6.07, 6.45) is 1.90. The lowest BCUT2D eigenvalue weighted by Crippen LogP contribution is -2.11. The molecule has 0 radical (unpaired) electrons. The maximum absolute atomic E-state index is 11.9. The lowest BCUT2D eigenvalue weighted by molar-refractivity contribution is 0.0601. The van der Waals surface area contributed by atoms with Gasteiger partial charge in [0.1, 0.15) is 5.75 Å². The van der Waals surface area contributed by atoms with Crippen LogP contribution in [0.15, 0.2) is 36.4 Å². The summed E-state index contributed by atoms with van der Waals surface area (Å²) in [5.41, 5.74) is 4.83. The fourth-order valence-electron chi connectivity index (χ4n) is 2.67. The molecule has 0 aromatic heterocycles. The largest absolute Gasteiger partial charge is 0.493 e. The number of methoxy groups -OCH3 is 1. The van der Waals surface area contributed by atoms with Crippen LogP contribution in [0, 0.1) is 20.8 Å². The van der Waals surface area contributed by atoms with Crippen molar-refractivity contribution in [2.24, 2.45) is 0 Å². The van der Waals surface area contributed by atoms with Crippen molar-refractivity contribution >= 4 is 11.7 Å². The molecular formula is C21H27NO3. The van der Waals surface area contributed by atoms with Gasteiger partial charge in [0.15, 0.2) is 0 Å². The number of anilines is 1. The number of unbranched alkanes of at least 4 members (excludes halogenated alkanes) is 1. The fourth-order valence-corrected chi connectivity index (χ4v) is 2.67. The smallest absolute Gasteiger partial charge is 0.339 e. The van der Waals surface area contributed by atoms with Crippen molar-refractivity contribution < 1.29 is 14.3 Å². The average molecular weight is 341 g/mol. The Labute approximate surface area is 150 Å². The molecule has 0 unspecified atom stereocenters. The van der Waals surface area contributed by atoms with Gasteiger partial charge in [-0.15, -0.1) is 0 Å². The summed E-state index contributed by atoms with van der Waals surface area (Å²) in [5.74, 6) is 0.643. The molecule has 25 heavy (non-hydrogen) atoms. The van der Waals surface area contributed by atoms with Crippen molar-refractivity contribution in [3.05, 3.63) is 58.7 Å². The Hall–Kier alpha value is -2.49. The zero-order valence-electron chi connectivity index (χ0n) is 15.5. The number of para-hydroxylation sites is 1. The number of rotatable bonds is 8. The standard InChI is InChI=1S/C21H27NO3/c1-15-10-11-16(2)19(14-15)25-13-6-5-12-22-20-17(3)8-7-9-18(20)21(23)24-4/h7-11,14,22H,5-6,12-13H2,1-4H3. The summed E-state index contributed by atoms with van der Waals surface area (Å²) < 4.78 is 10.7. The third kappa shape index (κ3) is 5.24. The minimum Gasteiger partial charge on any atom is -0.493 e. The molecule has 0 fully saturated rings. The van der Waals surface area contributed by atoms with Gasteiger partial charge in [0.05, 0.1) is 25.0 Å². The summed E-state index contributed by atoms with van der Waals surface area (Å²) in [5, 5.41) is 3.36. The lowest BCUT2D eigenvalue weighted by atomic mass is 10.1. The molecule has 4 heteroatoms. The topological polar surface area (TPSA) is 47.6 Å². The Morgan fingerprint density at radius 1 is 1.04 bits per heavy atom. The first-order valence-corrected chi connectivity index (χ1v) is 8.64. The SMILES string of the molecule is COC(=O)c1cccc(C)c1NCCCCOc1cc(C)ccc1C. The Kier molecular flexibility index (Phi) is 6.87. The van der Waals surface area contributed by atoms with Gasteiger partial charge in [-0.1, -0.05) is 24.3 Å². The van der Waals surface area contributed by atoms with Crippen molar-refractivity contribution in [3.63, 3.8) is 0 Å². The number of hydrogen-bond donors (Lipinski definition) is 1. The second-order valence-corrected chi connectivity index (χ2v) is 6.24. The van der Waals surface area contributed by atoms with Crippen molar-refractivity contribution in [2.45, 2.75) is 33.6 Å². The van der Waals surface area contributed by atoms with E-state index in [1.807, 2.05) is 19.1 Å². The van der Waals surface area contributed by atoms with Crippen LogP contribution in [0.2, 0.25) is 0 Å². The molecule has 0 saturated carbocycles. The molecule has 0 heterocycles. The minimum atomic E-state index is -0.315. The highest BCUT2D eigenvalue weighted by atomic mass is 16.5. The van der Waals surface area contributed by atoms with Gasteiger partial charge < -0.3 is 14.8 Å². The van der Waals surface area contributed by atoms with Crippen LogP contribution in [0.3, 0.4) is 0 Å². The Balaban J connectivity index is 1.80. The van der Waals surface area contributed by atoms with Crippen LogP contribution in [-0.4, -0.2) is 26.2 Å². The molecular weight excluding hydrogens is 314 g/mol. The van der Waals surface area contributed by atoms with Gasteiger partial charge >= 0.3 is 5.97 Å². The highest BCUT2D eigenvalue weighted by Gasteiger charge is 2.12. The Morgan fingerprint density at radius 2 is 1.84 bits per heavy atom. The number of carbonyl (C=O) groups excluding carboxylic acids is 1. The summed E-state index contributed by atoms with van der Waals surface area (Å²) in [7, 11) is 1.40. The summed E-state index contributed by atoms with van der Waals surface area (Å²) in [6.45, 7) is 7.58. The molecule has 0 atom stereocenters. The van der Waals surface area contributed by atoms with Gasteiger partial charge in [-0.05, 0) is 62.4 Å². The van der Waals surface area contributed by atoms with E-state index >= 15 is 0 Å². The predicted molar refractivity (Wildman–Crippen MR) is 102 cm³/mol. The first kappa shape index (κ1) is 18.8. The Bertz CT molecular complexity index is 725. The summed E-state index contributed by atoms with van der Waals surface area (Å²) in [6, 6.07) is 11.9. The van der Waals surface area contributed by atoms with E-state index in [2.05, 4.69) is 37.4 Å². The van der Waals surface area contributed by atoms with E-state index in [9.17, 15) is 4.79 Å². The van der Waals surface area contributed by atoms with Crippen LogP contribution in [0.4, 0.5) is 5.69 Å². The number of carbonyl (C=O) groups is 1. The number of ether oxygens (including phenoxy) is 2. The molecule has 0 bridgehead atoms. The van der Waals surface area contributed by atoms with Crippen molar-refractivity contribution in [1.82, 2.24) is 0 Å². The second-order valence-electron chi connectivity index (χ2n) is 6.24. The summed E-state index contributed by atoms with van der Waals surface area (Å²) >= 11 is 0. The van der Waals surface area contributed by atoms with E-state index in [1.54, 1.807) is 6.07 Å². The zero-order valence-corrected chi connectivity index (χ0v) is 15.5. The zero-order chi connectivity index (χ0) is 18.2. The third-order valence-corrected chi connectivity index (χ3v) is 4.15. The molecule has 4 nitrogen and oxygen atoms in total. The number of nitrogens with one attached hydrogen (secondary N) is 1. The molecule has 134 valence electrons. The lowest BCUT2D eigenvalue weighted by Gasteiger charge is -2.14. The van der Waals surface area contributed by atoms with Gasteiger partial charge in [0.2, 0.25) is 0 Å². The van der Waals surface area contributed by atoms with E-state index in [-0.39, 0.29) is 5.97 Å². The van der Waals surface area contributed by atoms with Crippen LogP contribution >= 0.6 is 0 Å². The molecule has 0 saturated heterocycles. The molecule has 2 rings (SSSR count). The molecule has 0 aliphatic heterocycles. The quantitative estimate of drug-likeness (QED) is 0.560. The van der Waals surface area contributed by atoms with Crippen LogP contribution in [-0.2, 0) is 4.74 Å². The molecule has 0 spiro atoms. The normalized spacial score (nSPS) is 10.4. The summed E-state index contributed by atoms with van der Waals surface area (Å²) in [4.78, 5) is 11.9. The molecule has 2 aromatic carbocycles. The van der Waals surface area contributed by atoms with Gasteiger partial charge in [0, 0.05) is 6.54 Å². The van der Waals surface area contributed by atoms with Crippen LogP contribution in [0.5, 0.6) is 5.75 Å². The Morgan fingerprint density at radius 3 is 2.60 bits per heavy atom. The molecule has 0 amide bonds. The van der Waals surface area contributed by atoms with Crippen molar-refractivity contribution in [3.8, 4) is 5.75 Å². The molecule has 0 aliphatic carbocycles. The first-order chi connectivity index (χ1) is 12.0. The van der Waals surface area contributed by atoms with Gasteiger partial charge in [-0.2, -0.15) is 0 Å². The first-order valence-electron chi connectivity index (χ1n) is 8.64. The van der Waals surface area contributed by atoms with Gasteiger partial charge in [-0.25, -0.2) is 4.79 Å².